The number of carbonyl (C=O) groups excluding carboxylic acids is 2. The normalized spacial score (nSPS) is 11.8. The molecule has 4 aromatic carbocycles. The van der Waals surface area contributed by atoms with Crippen molar-refractivity contribution in [2.75, 3.05) is 31.6 Å². The highest BCUT2D eigenvalue weighted by Gasteiger charge is 2.30. The number of carbonyl (C=O) groups is 2. The van der Waals surface area contributed by atoms with Crippen LogP contribution in [-0.4, -0.2) is 58.0 Å². The number of anilines is 1. The van der Waals surface area contributed by atoms with Gasteiger partial charge in [0.25, 0.3) is 15.9 Å². The Labute approximate surface area is 256 Å². The molecule has 0 saturated heterocycles. The van der Waals surface area contributed by atoms with E-state index < -0.39 is 27.8 Å². The van der Waals surface area contributed by atoms with Crippen LogP contribution in [0.4, 0.5) is 10.1 Å². The number of benzene rings is 4. The van der Waals surface area contributed by atoms with Gasteiger partial charge in [-0.3, -0.25) is 14.3 Å². The van der Waals surface area contributed by atoms with Crippen molar-refractivity contribution in [1.29, 1.82) is 0 Å². The van der Waals surface area contributed by atoms with Crippen molar-refractivity contribution in [1.82, 2.24) is 10.2 Å². The number of rotatable bonds is 15. The summed E-state index contributed by atoms with van der Waals surface area (Å²) >= 11 is 0. The largest absolute Gasteiger partial charge is 0.484 e. The number of nitrogens with one attached hydrogen (secondary N) is 2. The summed E-state index contributed by atoms with van der Waals surface area (Å²) in [5.74, 6) is -0.961. The molecule has 0 aliphatic rings. The summed E-state index contributed by atoms with van der Waals surface area (Å²) in [4.78, 5) is 28.6. The minimum Gasteiger partial charge on any atom is -0.484 e. The molecule has 230 valence electrons. The zero-order valence-electron chi connectivity index (χ0n) is 24.2. The third-order valence-electron chi connectivity index (χ3n) is 6.67. The van der Waals surface area contributed by atoms with Crippen LogP contribution >= 0.6 is 0 Å². The monoisotopic (exact) mass is 619 g/mol. The number of ether oxygens (including phenoxy) is 2. The van der Waals surface area contributed by atoms with Crippen molar-refractivity contribution < 1.29 is 31.9 Å². The minimum absolute atomic E-state index is 0.0399. The summed E-state index contributed by atoms with van der Waals surface area (Å²) in [5, 5.41) is 2.86. The van der Waals surface area contributed by atoms with Crippen LogP contribution in [0.25, 0.3) is 0 Å². The maximum atomic E-state index is 13.7. The number of halogens is 1. The molecule has 44 heavy (non-hydrogen) atoms. The highest BCUT2D eigenvalue weighted by Crippen LogP contribution is 2.21. The van der Waals surface area contributed by atoms with Gasteiger partial charge >= 0.3 is 0 Å². The summed E-state index contributed by atoms with van der Waals surface area (Å²) < 4.78 is 51.9. The molecule has 0 spiro atoms. The van der Waals surface area contributed by atoms with Crippen LogP contribution in [0.15, 0.2) is 114 Å². The topological polar surface area (TPSA) is 114 Å². The second kappa shape index (κ2) is 15.6. The van der Waals surface area contributed by atoms with Crippen molar-refractivity contribution in [3.63, 3.8) is 0 Å². The first-order valence-electron chi connectivity index (χ1n) is 13.9. The second-order valence-electron chi connectivity index (χ2n) is 9.87. The maximum Gasteiger partial charge on any atom is 0.261 e. The molecule has 0 bridgehead atoms. The molecule has 0 heterocycles. The fourth-order valence-corrected chi connectivity index (χ4v) is 5.46. The van der Waals surface area contributed by atoms with Gasteiger partial charge in [-0.05, 0) is 59.7 Å². The van der Waals surface area contributed by atoms with E-state index in [9.17, 15) is 22.4 Å². The van der Waals surface area contributed by atoms with Crippen LogP contribution in [0.1, 0.15) is 11.1 Å². The molecule has 2 N–H and O–H groups in total. The average molecular weight is 620 g/mol. The smallest absolute Gasteiger partial charge is 0.261 e. The van der Waals surface area contributed by atoms with E-state index in [4.69, 9.17) is 9.47 Å². The first-order chi connectivity index (χ1) is 21.2. The Morgan fingerprint density at radius 3 is 2.07 bits per heavy atom. The van der Waals surface area contributed by atoms with E-state index in [-0.39, 0.29) is 48.4 Å². The molecule has 1 atom stereocenters. The van der Waals surface area contributed by atoms with Crippen LogP contribution in [0.2, 0.25) is 0 Å². The SMILES string of the molecule is COCCNC(=O)[C@H](Cc1ccccc1)N(Cc1ccccc1)C(=O)COc1ccc(S(=O)(=O)Nc2ccc(F)cc2)cc1. The van der Waals surface area contributed by atoms with E-state index >= 15 is 0 Å². The van der Waals surface area contributed by atoms with Crippen molar-refractivity contribution in [2.45, 2.75) is 23.9 Å². The van der Waals surface area contributed by atoms with Crippen molar-refractivity contribution in [3.8, 4) is 5.75 Å². The summed E-state index contributed by atoms with van der Waals surface area (Å²) in [5.41, 5.74) is 1.94. The molecule has 11 heteroatoms. The highest BCUT2D eigenvalue weighted by molar-refractivity contribution is 7.92. The molecule has 4 aromatic rings. The van der Waals surface area contributed by atoms with Gasteiger partial charge in [-0.1, -0.05) is 60.7 Å². The van der Waals surface area contributed by atoms with Gasteiger partial charge in [-0.25, -0.2) is 12.8 Å². The number of sulfonamides is 1. The summed E-state index contributed by atoms with van der Waals surface area (Å²) in [7, 11) is -2.40. The standard InChI is InChI=1S/C33H34FN3O6S/c1-42-21-20-35-33(39)31(22-25-8-4-2-5-9-25)37(23-26-10-6-3-7-11-26)32(38)24-43-29-16-18-30(19-17-29)44(40,41)36-28-14-12-27(34)13-15-28/h2-19,31,36H,20-24H2,1H3,(H,35,39)/t31-/m0/s1. The van der Waals surface area contributed by atoms with Gasteiger partial charge in [0.05, 0.1) is 11.5 Å². The Bertz CT molecular complexity index is 1600. The fourth-order valence-electron chi connectivity index (χ4n) is 4.40. The van der Waals surface area contributed by atoms with Crippen molar-refractivity contribution in [2.24, 2.45) is 0 Å². The van der Waals surface area contributed by atoms with E-state index in [1.54, 1.807) is 7.11 Å². The van der Waals surface area contributed by atoms with Crippen LogP contribution in [0, 0.1) is 5.82 Å². The number of hydrogen-bond acceptors (Lipinski definition) is 6. The van der Waals surface area contributed by atoms with E-state index in [0.29, 0.717) is 6.61 Å². The lowest BCUT2D eigenvalue weighted by Crippen LogP contribution is -2.52. The lowest BCUT2D eigenvalue weighted by molar-refractivity contribution is -0.142. The summed E-state index contributed by atoms with van der Waals surface area (Å²) in [6.45, 7) is 0.397. The predicted molar refractivity (Wildman–Crippen MR) is 165 cm³/mol. The Balaban J connectivity index is 1.50. The van der Waals surface area contributed by atoms with Gasteiger partial charge < -0.3 is 19.7 Å². The molecule has 0 unspecified atom stereocenters. The van der Waals surface area contributed by atoms with E-state index in [0.717, 1.165) is 23.3 Å². The second-order valence-corrected chi connectivity index (χ2v) is 11.6. The number of nitrogens with zero attached hydrogens (tertiary/aromatic N) is 1. The van der Waals surface area contributed by atoms with Crippen LogP contribution in [0.5, 0.6) is 5.75 Å². The number of hydrogen-bond donors (Lipinski definition) is 2. The molecule has 0 radical (unpaired) electrons. The van der Waals surface area contributed by atoms with Gasteiger partial charge in [0.1, 0.15) is 17.6 Å². The summed E-state index contributed by atoms with van der Waals surface area (Å²) in [6, 6.07) is 28.5. The molecule has 0 aliphatic carbocycles. The lowest BCUT2D eigenvalue weighted by Gasteiger charge is -2.31. The van der Waals surface area contributed by atoms with Crippen LogP contribution in [-0.2, 0) is 37.3 Å². The van der Waals surface area contributed by atoms with Crippen molar-refractivity contribution in [3.05, 3.63) is 126 Å². The third kappa shape index (κ3) is 9.38. The van der Waals surface area contributed by atoms with Gasteiger partial charge in [0.2, 0.25) is 5.91 Å². The molecule has 9 nitrogen and oxygen atoms in total. The Morgan fingerprint density at radius 2 is 1.45 bits per heavy atom. The van der Waals surface area contributed by atoms with E-state index in [1.165, 1.54) is 41.3 Å². The predicted octanol–water partition coefficient (Wildman–Crippen LogP) is 4.41. The van der Waals surface area contributed by atoms with Crippen molar-refractivity contribution >= 4 is 27.5 Å². The lowest BCUT2D eigenvalue weighted by atomic mass is 10.0. The van der Waals surface area contributed by atoms with Crippen LogP contribution < -0.4 is 14.8 Å². The van der Waals surface area contributed by atoms with Gasteiger partial charge in [0.15, 0.2) is 6.61 Å². The Kier molecular flexibility index (Phi) is 11.4. The molecule has 0 aliphatic heterocycles. The quantitative estimate of drug-likeness (QED) is 0.191. The highest BCUT2D eigenvalue weighted by atomic mass is 32.2. The van der Waals surface area contributed by atoms with E-state index in [1.807, 2.05) is 60.7 Å². The molecule has 0 fully saturated rings. The fraction of sp³-hybridized carbons (Fsp3) is 0.212. The Morgan fingerprint density at radius 1 is 0.841 bits per heavy atom. The molecule has 0 saturated carbocycles. The molecular weight excluding hydrogens is 585 g/mol. The molecule has 0 aromatic heterocycles. The number of amides is 2. The van der Waals surface area contributed by atoms with Gasteiger partial charge in [0, 0.05) is 32.3 Å². The Hall–Kier alpha value is -4.74. The van der Waals surface area contributed by atoms with Gasteiger partial charge in [-0.2, -0.15) is 0 Å². The van der Waals surface area contributed by atoms with E-state index in [2.05, 4.69) is 10.0 Å². The minimum atomic E-state index is -3.94. The van der Waals surface area contributed by atoms with Crippen LogP contribution in [0.3, 0.4) is 0 Å². The molecular formula is C33H34FN3O6S. The zero-order valence-corrected chi connectivity index (χ0v) is 25.0. The number of methoxy groups -OCH3 is 1. The summed E-state index contributed by atoms with van der Waals surface area (Å²) in [6.07, 6.45) is 0.284. The first kappa shape index (κ1) is 32.2. The maximum absolute atomic E-state index is 13.7. The third-order valence-corrected chi connectivity index (χ3v) is 8.06. The first-order valence-corrected chi connectivity index (χ1v) is 15.4. The molecule has 4 rings (SSSR count). The van der Waals surface area contributed by atoms with Gasteiger partial charge in [-0.15, -0.1) is 0 Å². The molecule has 2 amide bonds. The zero-order chi connectivity index (χ0) is 31.4. The average Bonchev–Trinajstić information content (AvgIpc) is 3.04.